The van der Waals surface area contributed by atoms with Crippen LogP contribution in [0.2, 0.25) is 0 Å². The number of halogens is 3. The van der Waals surface area contributed by atoms with Gasteiger partial charge in [-0.3, -0.25) is 14.5 Å². The molecule has 0 spiro atoms. The molecule has 1 fully saturated rings. The molecule has 1 unspecified atom stereocenters. The molecule has 1 rings (SSSR count). The second-order valence-electron chi connectivity index (χ2n) is 4.31. The van der Waals surface area contributed by atoms with Gasteiger partial charge in [-0.25, -0.2) is 0 Å². The molecule has 0 aromatic carbocycles. The van der Waals surface area contributed by atoms with Gasteiger partial charge in [-0.1, -0.05) is 0 Å². The molecule has 18 heavy (non-hydrogen) atoms. The molecule has 0 bridgehead atoms. The zero-order chi connectivity index (χ0) is 14.0. The first kappa shape index (κ1) is 14.7. The van der Waals surface area contributed by atoms with Crippen molar-refractivity contribution in [2.45, 2.75) is 18.1 Å². The van der Waals surface area contributed by atoms with Gasteiger partial charge in [-0.05, 0) is 6.42 Å². The lowest BCUT2D eigenvalue weighted by Crippen LogP contribution is -2.51. The molecule has 9 heteroatoms. The Bertz CT molecular complexity index is 348. The summed E-state index contributed by atoms with van der Waals surface area (Å²) >= 11 is 0. The third-order valence-corrected chi connectivity index (χ3v) is 2.66. The van der Waals surface area contributed by atoms with Crippen LogP contribution in [0, 0.1) is 0 Å². The van der Waals surface area contributed by atoms with Gasteiger partial charge >= 0.3 is 12.1 Å². The molecule has 1 atom stereocenters. The number of likely N-dealkylation sites (tertiary alicyclic amines) is 1. The lowest BCUT2D eigenvalue weighted by molar-refractivity contribution is -0.143. The molecule has 1 saturated heterocycles. The van der Waals surface area contributed by atoms with Crippen molar-refractivity contribution < 1.29 is 27.9 Å². The molecular weight excluding hydrogens is 255 g/mol. The van der Waals surface area contributed by atoms with E-state index >= 15 is 0 Å². The van der Waals surface area contributed by atoms with E-state index in [0.29, 0.717) is 0 Å². The fourth-order valence-electron chi connectivity index (χ4n) is 1.68. The van der Waals surface area contributed by atoms with Crippen molar-refractivity contribution in [3.8, 4) is 0 Å². The van der Waals surface area contributed by atoms with Crippen LogP contribution in [-0.2, 0) is 9.59 Å². The first-order chi connectivity index (χ1) is 8.12. The van der Waals surface area contributed by atoms with Crippen LogP contribution in [0.25, 0.3) is 0 Å². The molecule has 0 saturated carbocycles. The minimum atomic E-state index is -4.46. The normalized spacial score (nSPS) is 25.1. The molecule has 0 aliphatic carbocycles. The van der Waals surface area contributed by atoms with Crippen molar-refractivity contribution in [1.82, 2.24) is 10.2 Å². The molecule has 1 aliphatic heterocycles. The predicted molar refractivity (Wildman–Crippen MR) is 54.7 cm³/mol. The van der Waals surface area contributed by atoms with Gasteiger partial charge in [-0.2, -0.15) is 13.2 Å². The second-order valence-corrected chi connectivity index (χ2v) is 4.31. The highest BCUT2D eigenvalue weighted by Crippen LogP contribution is 2.18. The zero-order valence-corrected chi connectivity index (χ0v) is 9.46. The molecular formula is C9H14F3N3O3. The first-order valence-corrected chi connectivity index (χ1v) is 5.20. The van der Waals surface area contributed by atoms with E-state index < -0.39 is 30.1 Å². The Morgan fingerprint density at radius 2 is 2.06 bits per heavy atom. The number of nitrogens with two attached hydrogens (primary N) is 1. The van der Waals surface area contributed by atoms with Gasteiger partial charge in [0.2, 0.25) is 5.91 Å². The summed E-state index contributed by atoms with van der Waals surface area (Å²) in [5.41, 5.74) is 4.13. The third-order valence-electron chi connectivity index (χ3n) is 2.66. The Labute approximate surface area is 101 Å². The standard InChI is InChI=1S/C9H14F3N3O3/c10-9(11,12)4-14-6(16)3-15-2-1-8(13,5-15)7(17)18/h1-5,13H2,(H,14,16)(H,17,18). The van der Waals surface area contributed by atoms with Crippen LogP contribution in [-0.4, -0.2) is 59.8 Å². The van der Waals surface area contributed by atoms with Crippen molar-refractivity contribution in [2.24, 2.45) is 5.73 Å². The monoisotopic (exact) mass is 269 g/mol. The number of hydrogen-bond acceptors (Lipinski definition) is 4. The minimum absolute atomic E-state index is 0.0538. The van der Waals surface area contributed by atoms with Crippen molar-refractivity contribution in [3.05, 3.63) is 0 Å². The number of aliphatic carboxylic acids is 1. The summed E-state index contributed by atoms with van der Waals surface area (Å²) in [7, 11) is 0. The number of carbonyl (C=O) groups excluding carboxylic acids is 1. The number of nitrogens with zero attached hydrogens (tertiary/aromatic N) is 1. The van der Waals surface area contributed by atoms with Gasteiger partial charge in [0.25, 0.3) is 0 Å². The Kier molecular flexibility index (Phi) is 4.17. The molecule has 0 aromatic rings. The van der Waals surface area contributed by atoms with Crippen LogP contribution in [0.3, 0.4) is 0 Å². The molecule has 0 radical (unpaired) electrons. The summed E-state index contributed by atoms with van der Waals surface area (Å²) in [6, 6.07) is 0. The maximum Gasteiger partial charge on any atom is 0.405 e. The summed E-state index contributed by atoms with van der Waals surface area (Å²) in [6.07, 6.45) is -4.30. The predicted octanol–water partition coefficient (Wildman–Crippen LogP) is -0.847. The van der Waals surface area contributed by atoms with Gasteiger partial charge in [-0.15, -0.1) is 0 Å². The van der Waals surface area contributed by atoms with Crippen molar-refractivity contribution in [2.75, 3.05) is 26.2 Å². The number of rotatable bonds is 4. The molecule has 1 heterocycles. The topological polar surface area (TPSA) is 95.7 Å². The maximum absolute atomic E-state index is 11.8. The van der Waals surface area contributed by atoms with Crippen molar-refractivity contribution in [1.29, 1.82) is 0 Å². The van der Waals surface area contributed by atoms with Crippen molar-refractivity contribution >= 4 is 11.9 Å². The van der Waals surface area contributed by atoms with Crippen molar-refractivity contribution in [3.63, 3.8) is 0 Å². The van der Waals surface area contributed by atoms with Crippen LogP contribution in [0.1, 0.15) is 6.42 Å². The van der Waals surface area contributed by atoms with E-state index in [2.05, 4.69) is 0 Å². The Balaban J connectivity index is 2.37. The fraction of sp³-hybridized carbons (Fsp3) is 0.778. The molecule has 6 nitrogen and oxygen atoms in total. The van der Waals surface area contributed by atoms with E-state index in [1.165, 1.54) is 4.90 Å². The van der Waals surface area contributed by atoms with Gasteiger partial charge < -0.3 is 16.2 Å². The highest BCUT2D eigenvalue weighted by atomic mass is 19.4. The zero-order valence-electron chi connectivity index (χ0n) is 9.46. The maximum atomic E-state index is 11.8. The Morgan fingerprint density at radius 1 is 1.44 bits per heavy atom. The Morgan fingerprint density at radius 3 is 2.50 bits per heavy atom. The average Bonchev–Trinajstić information content (AvgIpc) is 2.58. The number of amides is 1. The number of carboxylic acid groups (broad SMARTS) is 1. The van der Waals surface area contributed by atoms with Crippen LogP contribution < -0.4 is 11.1 Å². The van der Waals surface area contributed by atoms with Crippen LogP contribution in [0.4, 0.5) is 13.2 Å². The minimum Gasteiger partial charge on any atom is -0.480 e. The van der Waals surface area contributed by atoms with Crippen LogP contribution >= 0.6 is 0 Å². The quantitative estimate of drug-likeness (QED) is 0.618. The SMILES string of the molecule is NC1(C(=O)O)CCN(CC(=O)NCC(F)(F)F)C1. The van der Waals surface area contributed by atoms with E-state index in [1.807, 2.05) is 0 Å². The second kappa shape index (κ2) is 5.11. The lowest BCUT2D eigenvalue weighted by Gasteiger charge is -2.19. The molecule has 4 N–H and O–H groups in total. The van der Waals surface area contributed by atoms with Crippen LogP contribution in [0.5, 0.6) is 0 Å². The first-order valence-electron chi connectivity index (χ1n) is 5.20. The largest absolute Gasteiger partial charge is 0.480 e. The number of carboxylic acids is 1. The van der Waals surface area contributed by atoms with Gasteiger partial charge in [0.15, 0.2) is 0 Å². The highest BCUT2D eigenvalue weighted by molar-refractivity contribution is 5.80. The number of nitrogens with one attached hydrogen (secondary N) is 1. The lowest BCUT2D eigenvalue weighted by atomic mass is 10.0. The summed E-state index contributed by atoms with van der Waals surface area (Å²) in [6.45, 7) is -1.47. The third kappa shape index (κ3) is 4.15. The van der Waals surface area contributed by atoms with Gasteiger partial charge in [0, 0.05) is 13.1 Å². The molecule has 104 valence electrons. The number of alkyl halides is 3. The van der Waals surface area contributed by atoms with Gasteiger partial charge in [0.05, 0.1) is 6.54 Å². The molecule has 1 aliphatic rings. The summed E-state index contributed by atoms with van der Waals surface area (Å²) < 4.78 is 35.5. The van der Waals surface area contributed by atoms with Gasteiger partial charge in [0.1, 0.15) is 12.1 Å². The number of carbonyl (C=O) groups is 2. The van der Waals surface area contributed by atoms with Crippen LogP contribution in [0.15, 0.2) is 0 Å². The fourth-order valence-corrected chi connectivity index (χ4v) is 1.68. The van der Waals surface area contributed by atoms with E-state index in [-0.39, 0.29) is 26.1 Å². The number of hydrogen-bond donors (Lipinski definition) is 3. The summed E-state index contributed by atoms with van der Waals surface area (Å²) in [5.74, 6) is -1.98. The summed E-state index contributed by atoms with van der Waals surface area (Å²) in [5, 5.41) is 10.5. The smallest absolute Gasteiger partial charge is 0.405 e. The van der Waals surface area contributed by atoms with E-state index in [9.17, 15) is 22.8 Å². The molecule has 0 aromatic heterocycles. The Hall–Kier alpha value is -1.35. The molecule has 1 amide bonds. The van der Waals surface area contributed by atoms with E-state index in [0.717, 1.165) is 0 Å². The summed E-state index contributed by atoms with van der Waals surface area (Å²) in [4.78, 5) is 23.4. The average molecular weight is 269 g/mol. The highest BCUT2D eigenvalue weighted by Gasteiger charge is 2.41. The van der Waals surface area contributed by atoms with E-state index in [1.54, 1.807) is 5.32 Å². The van der Waals surface area contributed by atoms with E-state index in [4.69, 9.17) is 10.8 Å².